The number of rotatable bonds is 5. The molecule has 0 unspecified atom stereocenters. The summed E-state index contributed by atoms with van der Waals surface area (Å²) in [5.74, 6) is -0.622. The van der Waals surface area contributed by atoms with Gasteiger partial charge in [-0.3, -0.25) is 10.1 Å². The molecule has 0 aliphatic heterocycles. The molecule has 2 aromatic carbocycles. The second-order valence-corrected chi connectivity index (χ2v) is 4.94. The van der Waals surface area contributed by atoms with Crippen LogP contribution in [0.5, 0.6) is 11.5 Å². The summed E-state index contributed by atoms with van der Waals surface area (Å²) >= 11 is 0. The molecule has 3 rings (SSSR count). The van der Waals surface area contributed by atoms with Crippen molar-refractivity contribution in [2.45, 2.75) is 0 Å². The first-order valence-corrected chi connectivity index (χ1v) is 7.14. The van der Waals surface area contributed by atoms with Gasteiger partial charge in [0.25, 0.3) is 0 Å². The highest BCUT2D eigenvalue weighted by Gasteiger charge is 2.15. The van der Waals surface area contributed by atoms with Crippen molar-refractivity contribution >= 4 is 22.6 Å². The van der Waals surface area contributed by atoms with Crippen molar-refractivity contribution in [1.82, 2.24) is 0 Å². The Labute approximate surface area is 140 Å². The molecule has 0 bridgehead atoms. The van der Waals surface area contributed by atoms with Crippen molar-refractivity contribution in [3.8, 4) is 11.5 Å². The molecule has 0 fully saturated rings. The summed E-state index contributed by atoms with van der Waals surface area (Å²) in [7, 11) is 0. The fourth-order valence-electron chi connectivity index (χ4n) is 2.13. The van der Waals surface area contributed by atoms with E-state index in [1.54, 1.807) is 18.2 Å². The van der Waals surface area contributed by atoms with E-state index in [1.165, 1.54) is 36.4 Å². The minimum absolute atomic E-state index is 0.0334. The lowest BCUT2D eigenvalue weighted by molar-refractivity contribution is -0.385. The lowest BCUT2D eigenvalue weighted by Crippen LogP contribution is -2.18. The van der Waals surface area contributed by atoms with Crippen LogP contribution in [0.25, 0.3) is 11.0 Å². The highest BCUT2D eigenvalue weighted by atomic mass is 16.6. The molecule has 8 heteroatoms. The van der Waals surface area contributed by atoms with Crippen LogP contribution >= 0.6 is 0 Å². The molecule has 3 aromatic rings. The number of carbonyl (C=O) groups is 1. The van der Waals surface area contributed by atoms with Gasteiger partial charge in [-0.15, -0.1) is 0 Å². The van der Waals surface area contributed by atoms with Crippen LogP contribution in [0.2, 0.25) is 0 Å². The van der Waals surface area contributed by atoms with Crippen LogP contribution in [0.1, 0.15) is 0 Å². The number of hydrogen-bond acceptors (Lipinski definition) is 7. The lowest BCUT2D eigenvalue weighted by atomic mass is 10.2. The average Bonchev–Trinajstić information content (AvgIpc) is 2.59. The van der Waals surface area contributed by atoms with Crippen LogP contribution in [0.15, 0.2) is 63.8 Å². The van der Waals surface area contributed by atoms with Crippen molar-refractivity contribution in [2.24, 2.45) is 0 Å². The molecule has 0 saturated carbocycles. The van der Waals surface area contributed by atoms with Gasteiger partial charge in [0.05, 0.1) is 4.92 Å². The summed E-state index contributed by atoms with van der Waals surface area (Å²) in [6, 6.07) is 13.1. The topological polar surface area (TPSA) is 109 Å². The largest absolute Gasteiger partial charge is 0.475 e. The molecule has 0 amide bonds. The molecule has 126 valence electrons. The Balaban J connectivity index is 1.69. The normalized spacial score (nSPS) is 10.4. The summed E-state index contributed by atoms with van der Waals surface area (Å²) in [5, 5.41) is 11.6. The number of benzene rings is 2. The maximum absolute atomic E-state index is 11.9. The third-order valence-electron chi connectivity index (χ3n) is 3.23. The number of nitro benzene ring substituents is 1. The smallest absolute Gasteiger partial charge is 0.349 e. The highest BCUT2D eigenvalue weighted by Crippen LogP contribution is 2.26. The van der Waals surface area contributed by atoms with Crippen LogP contribution < -0.4 is 15.1 Å². The fourth-order valence-corrected chi connectivity index (χ4v) is 2.13. The lowest BCUT2D eigenvalue weighted by Gasteiger charge is -2.07. The number of carbonyl (C=O) groups excluding carboxylic acids is 1. The first kappa shape index (κ1) is 16.2. The number of fused-ring (bicyclic) bond motifs is 1. The standard InChI is InChI=1S/C17H11NO7/c19-16-8-6-11-5-7-12(9-15(11)25-16)24-17(20)10-23-14-4-2-1-3-13(14)18(21)22/h1-9H,10H2. The molecular weight excluding hydrogens is 330 g/mol. The predicted octanol–water partition coefficient (Wildman–Crippen LogP) is 2.69. The number of para-hydroxylation sites is 2. The summed E-state index contributed by atoms with van der Waals surface area (Å²) in [6.07, 6.45) is 0. The van der Waals surface area contributed by atoms with E-state index in [0.29, 0.717) is 5.39 Å². The summed E-state index contributed by atoms with van der Waals surface area (Å²) in [5.41, 5.74) is -0.490. The van der Waals surface area contributed by atoms with Gasteiger partial charge in [0.15, 0.2) is 12.4 Å². The minimum atomic E-state index is -0.754. The van der Waals surface area contributed by atoms with Gasteiger partial charge in [0.1, 0.15) is 11.3 Å². The van der Waals surface area contributed by atoms with Crippen LogP contribution in [-0.4, -0.2) is 17.5 Å². The second-order valence-electron chi connectivity index (χ2n) is 4.94. The van der Waals surface area contributed by atoms with Gasteiger partial charge in [-0.25, -0.2) is 9.59 Å². The number of esters is 1. The van der Waals surface area contributed by atoms with Gasteiger partial charge >= 0.3 is 17.3 Å². The van der Waals surface area contributed by atoms with Gasteiger partial charge in [-0.2, -0.15) is 0 Å². The van der Waals surface area contributed by atoms with Crippen LogP contribution in [0.4, 0.5) is 5.69 Å². The van der Waals surface area contributed by atoms with E-state index in [9.17, 15) is 19.7 Å². The zero-order valence-corrected chi connectivity index (χ0v) is 12.7. The minimum Gasteiger partial charge on any atom is -0.475 e. The van der Waals surface area contributed by atoms with E-state index >= 15 is 0 Å². The molecule has 0 spiro atoms. The Bertz CT molecular complexity index is 1010. The molecule has 0 N–H and O–H groups in total. The quantitative estimate of drug-likeness (QED) is 0.231. The highest BCUT2D eigenvalue weighted by molar-refractivity contribution is 5.80. The van der Waals surface area contributed by atoms with Crippen LogP contribution in [0.3, 0.4) is 0 Å². The monoisotopic (exact) mass is 341 g/mol. The molecular formula is C17H11NO7. The van der Waals surface area contributed by atoms with E-state index in [4.69, 9.17) is 13.9 Å². The number of ether oxygens (including phenoxy) is 2. The molecule has 0 atom stereocenters. The molecule has 8 nitrogen and oxygen atoms in total. The zero-order valence-electron chi connectivity index (χ0n) is 12.7. The van der Waals surface area contributed by atoms with Crippen molar-refractivity contribution in [1.29, 1.82) is 0 Å². The van der Waals surface area contributed by atoms with Crippen LogP contribution in [-0.2, 0) is 4.79 Å². The van der Waals surface area contributed by atoms with E-state index in [-0.39, 0.29) is 22.8 Å². The van der Waals surface area contributed by atoms with Gasteiger partial charge in [-0.1, -0.05) is 12.1 Å². The third kappa shape index (κ3) is 3.81. The summed E-state index contributed by atoms with van der Waals surface area (Å²) in [6.45, 7) is -0.512. The third-order valence-corrected chi connectivity index (χ3v) is 3.23. The molecule has 0 saturated heterocycles. The molecule has 0 aliphatic rings. The molecule has 25 heavy (non-hydrogen) atoms. The van der Waals surface area contributed by atoms with Crippen molar-refractivity contribution in [3.05, 3.63) is 75.1 Å². The second kappa shape index (κ2) is 6.83. The first-order valence-electron chi connectivity index (χ1n) is 7.14. The zero-order chi connectivity index (χ0) is 17.8. The Kier molecular flexibility index (Phi) is 4.42. The van der Waals surface area contributed by atoms with Gasteiger partial charge in [0.2, 0.25) is 0 Å². The van der Waals surface area contributed by atoms with Crippen molar-refractivity contribution < 1.29 is 23.6 Å². The summed E-state index contributed by atoms with van der Waals surface area (Å²) in [4.78, 5) is 33.4. The Hall–Kier alpha value is -3.68. The SMILES string of the molecule is O=C(COc1ccccc1[N+](=O)[O-])Oc1ccc2ccc(=O)oc2c1. The maximum Gasteiger partial charge on any atom is 0.349 e. The Morgan fingerprint density at radius 3 is 2.68 bits per heavy atom. The number of hydrogen-bond donors (Lipinski definition) is 0. The van der Waals surface area contributed by atoms with Gasteiger partial charge in [-0.05, 0) is 24.3 Å². The van der Waals surface area contributed by atoms with Crippen molar-refractivity contribution in [2.75, 3.05) is 6.61 Å². The predicted molar refractivity (Wildman–Crippen MR) is 86.7 cm³/mol. The van der Waals surface area contributed by atoms with Crippen LogP contribution in [0, 0.1) is 10.1 Å². The molecule has 0 radical (unpaired) electrons. The van der Waals surface area contributed by atoms with Gasteiger partial charge in [0, 0.05) is 23.6 Å². The summed E-state index contributed by atoms with van der Waals surface area (Å²) < 4.78 is 15.2. The van der Waals surface area contributed by atoms with E-state index < -0.39 is 23.1 Å². The molecule has 0 aliphatic carbocycles. The first-order chi connectivity index (χ1) is 12.0. The van der Waals surface area contributed by atoms with Crippen molar-refractivity contribution in [3.63, 3.8) is 0 Å². The number of nitro groups is 1. The Morgan fingerprint density at radius 2 is 1.88 bits per heavy atom. The molecule has 1 heterocycles. The maximum atomic E-state index is 11.9. The van der Waals surface area contributed by atoms with Gasteiger partial charge < -0.3 is 13.9 Å². The Morgan fingerprint density at radius 1 is 1.12 bits per heavy atom. The van der Waals surface area contributed by atoms with E-state index in [1.807, 2.05) is 0 Å². The molecule has 1 aromatic heterocycles. The fraction of sp³-hybridized carbons (Fsp3) is 0.0588. The van der Waals surface area contributed by atoms with E-state index in [2.05, 4.69) is 0 Å². The van der Waals surface area contributed by atoms with E-state index in [0.717, 1.165) is 0 Å². The number of nitrogens with zero attached hydrogens (tertiary/aromatic N) is 1. The average molecular weight is 341 g/mol.